The minimum absolute atomic E-state index is 0.622. The third-order valence-corrected chi connectivity index (χ3v) is 2.00. The number of pyridine rings is 1. The Bertz CT molecular complexity index is 416. The van der Waals surface area contributed by atoms with Crippen LogP contribution in [0.15, 0.2) is 12.3 Å². The maximum absolute atomic E-state index is 8.97. The van der Waals surface area contributed by atoms with Crippen LogP contribution >= 0.6 is 0 Å². The summed E-state index contributed by atoms with van der Waals surface area (Å²) in [5, 5.41) is 8.97. The molecule has 0 fully saturated rings. The molecule has 0 saturated carbocycles. The van der Waals surface area contributed by atoms with Gasteiger partial charge in [0.25, 0.3) is 0 Å². The SMILES string of the molecule is CCO/C=C/c1c(C#N)cc(C)nc1C. The molecule has 0 saturated heterocycles. The van der Waals surface area contributed by atoms with Crippen molar-refractivity contribution in [1.82, 2.24) is 4.98 Å². The van der Waals surface area contributed by atoms with E-state index in [9.17, 15) is 0 Å². The van der Waals surface area contributed by atoms with Crippen molar-refractivity contribution in [2.24, 2.45) is 0 Å². The van der Waals surface area contributed by atoms with E-state index in [-0.39, 0.29) is 0 Å². The molecule has 0 unspecified atom stereocenters. The van der Waals surface area contributed by atoms with E-state index in [0.29, 0.717) is 12.2 Å². The van der Waals surface area contributed by atoms with Crippen molar-refractivity contribution in [2.45, 2.75) is 20.8 Å². The molecule has 1 aromatic heterocycles. The average Bonchev–Trinajstić information content (AvgIpc) is 2.20. The van der Waals surface area contributed by atoms with E-state index in [1.807, 2.05) is 20.8 Å². The number of hydrogen-bond acceptors (Lipinski definition) is 3. The first-order chi connectivity index (χ1) is 7.19. The second kappa shape index (κ2) is 5.16. The van der Waals surface area contributed by atoms with Gasteiger partial charge in [-0.1, -0.05) is 0 Å². The Balaban J connectivity index is 3.11. The Labute approximate surface area is 90.0 Å². The molecular weight excluding hydrogens is 188 g/mol. The highest BCUT2D eigenvalue weighted by molar-refractivity contribution is 5.59. The molecule has 0 atom stereocenters. The van der Waals surface area contributed by atoms with Crippen molar-refractivity contribution in [3.8, 4) is 6.07 Å². The van der Waals surface area contributed by atoms with Gasteiger partial charge in [-0.3, -0.25) is 4.98 Å². The molecule has 1 rings (SSSR count). The van der Waals surface area contributed by atoms with Gasteiger partial charge < -0.3 is 4.74 Å². The molecular formula is C12H14N2O. The van der Waals surface area contributed by atoms with Crippen molar-refractivity contribution in [2.75, 3.05) is 6.61 Å². The molecule has 78 valence electrons. The first kappa shape index (κ1) is 11.3. The molecule has 3 nitrogen and oxygen atoms in total. The van der Waals surface area contributed by atoms with E-state index >= 15 is 0 Å². The summed E-state index contributed by atoms with van der Waals surface area (Å²) >= 11 is 0. The van der Waals surface area contributed by atoms with Crippen LogP contribution in [0.5, 0.6) is 0 Å². The summed E-state index contributed by atoms with van der Waals surface area (Å²) in [6, 6.07) is 3.93. The molecule has 0 aromatic carbocycles. The molecule has 15 heavy (non-hydrogen) atoms. The van der Waals surface area contributed by atoms with E-state index < -0.39 is 0 Å². The quantitative estimate of drug-likeness (QED) is 0.708. The second-order valence-electron chi connectivity index (χ2n) is 3.18. The predicted octanol–water partition coefficient (Wildman–Crippen LogP) is 2.58. The van der Waals surface area contributed by atoms with Crippen molar-refractivity contribution in [3.05, 3.63) is 34.8 Å². The van der Waals surface area contributed by atoms with E-state index in [4.69, 9.17) is 10.00 Å². The highest BCUT2D eigenvalue weighted by atomic mass is 16.5. The maximum atomic E-state index is 8.97. The summed E-state index contributed by atoms with van der Waals surface area (Å²) in [6.45, 7) is 6.30. The largest absolute Gasteiger partial charge is 0.501 e. The van der Waals surface area contributed by atoms with Crippen LogP contribution in [-0.2, 0) is 4.74 Å². The van der Waals surface area contributed by atoms with Gasteiger partial charge in [0.05, 0.1) is 24.5 Å². The zero-order valence-corrected chi connectivity index (χ0v) is 9.24. The topological polar surface area (TPSA) is 45.9 Å². The molecule has 1 heterocycles. The number of rotatable bonds is 3. The van der Waals surface area contributed by atoms with Gasteiger partial charge in [0, 0.05) is 17.0 Å². The van der Waals surface area contributed by atoms with Crippen molar-refractivity contribution in [3.63, 3.8) is 0 Å². The number of hydrogen-bond donors (Lipinski definition) is 0. The highest BCUT2D eigenvalue weighted by Gasteiger charge is 2.04. The van der Waals surface area contributed by atoms with E-state index in [2.05, 4.69) is 11.1 Å². The first-order valence-corrected chi connectivity index (χ1v) is 4.85. The Kier molecular flexibility index (Phi) is 3.87. The normalized spacial score (nSPS) is 10.3. The van der Waals surface area contributed by atoms with Crippen molar-refractivity contribution >= 4 is 6.08 Å². The summed E-state index contributed by atoms with van der Waals surface area (Å²) in [4.78, 5) is 4.30. The van der Waals surface area contributed by atoms with Gasteiger partial charge in [0.2, 0.25) is 0 Å². The number of aryl methyl sites for hydroxylation is 2. The number of aromatic nitrogens is 1. The minimum Gasteiger partial charge on any atom is -0.501 e. The van der Waals surface area contributed by atoms with Crippen LogP contribution in [0, 0.1) is 25.2 Å². The van der Waals surface area contributed by atoms with Gasteiger partial charge >= 0.3 is 0 Å². The monoisotopic (exact) mass is 202 g/mol. The molecule has 3 heteroatoms. The van der Waals surface area contributed by atoms with Gasteiger partial charge in [-0.25, -0.2) is 0 Å². The third-order valence-electron chi connectivity index (χ3n) is 2.00. The number of nitrogens with zero attached hydrogens (tertiary/aromatic N) is 2. The minimum atomic E-state index is 0.622. The fourth-order valence-electron chi connectivity index (χ4n) is 1.35. The van der Waals surface area contributed by atoms with Crippen molar-refractivity contribution < 1.29 is 4.74 Å². The lowest BCUT2D eigenvalue weighted by atomic mass is 10.1. The van der Waals surface area contributed by atoms with Crippen LogP contribution in [0.25, 0.3) is 6.08 Å². The van der Waals surface area contributed by atoms with Crippen molar-refractivity contribution in [1.29, 1.82) is 5.26 Å². The maximum Gasteiger partial charge on any atom is 0.0999 e. The Hall–Kier alpha value is -1.82. The number of nitriles is 1. The molecule has 1 aromatic rings. The molecule has 0 bridgehead atoms. The van der Waals surface area contributed by atoms with Gasteiger partial charge in [-0.05, 0) is 32.9 Å². The van der Waals surface area contributed by atoms with E-state index in [1.165, 1.54) is 0 Å². The summed E-state index contributed by atoms with van der Waals surface area (Å²) < 4.78 is 5.10. The molecule has 0 spiro atoms. The van der Waals surface area contributed by atoms with Gasteiger partial charge in [-0.15, -0.1) is 0 Å². The zero-order valence-electron chi connectivity index (χ0n) is 9.24. The average molecular weight is 202 g/mol. The van der Waals surface area contributed by atoms with E-state index in [1.54, 1.807) is 18.4 Å². The summed E-state index contributed by atoms with van der Waals surface area (Å²) in [5.74, 6) is 0. The van der Waals surface area contributed by atoms with Crippen LogP contribution in [0.1, 0.15) is 29.4 Å². The van der Waals surface area contributed by atoms with Crippen LogP contribution in [-0.4, -0.2) is 11.6 Å². The fraction of sp³-hybridized carbons (Fsp3) is 0.333. The fourth-order valence-corrected chi connectivity index (χ4v) is 1.35. The molecule has 0 aliphatic rings. The Morgan fingerprint density at radius 1 is 1.53 bits per heavy atom. The lowest BCUT2D eigenvalue weighted by Gasteiger charge is -2.04. The summed E-state index contributed by atoms with van der Waals surface area (Å²) in [5.41, 5.74) is 3.17. The molecule has 0 radical (unpaired) electrons. The lowest BCUT2D eigenvalue weighted by Crippen LogP contribution is -1.94. The Morgan fingerprint density at radius 3 is 2.87 bits per heavy atom. The van der Waals surface area contributed by atoms with E-state index in [0.717, 1.165) is 17.0 Å². The van der Waals surface area contributed by atoms with Crippen LogP contribution < -0.4 is 0 Å². The van der Waals surface area contributed by atoms with Crippen LogP contribution in [0.3, 0.4) is 0 Å². The van der Waals surface area contributed by atoms with Crippen LogP contribution in [0.4, 0.5) is 0 Å². The molecule has 0 N–H and O–H groups in total. The molecule has 0 amide bonds. The zero-order chi connectivity index (χ0) is 11.3. The smallest absolute Gasteiger partial charge is 0.0999 e. The van der Waals surface area contributed by atoms with Gasteiger partial charge in [-0.2, -0.15) is 5.26 Å². The Morgan fingerprint density at radius 2 is 2.27 bits per heavy atom. The second-order valence-corrected chi connectivity index (χ2v) is 3.18. The summed E-state index contributed by atoms with van der Waals surface area (Å²) in [7, 11) is 0. The summed E-state index contributed by atoms with van der Waals surface area (Å²) in [6.07, 6.45) is 3.38. The molecule has 0 aliphatic carbocycles. The highest BCUT2D eigenvalue weighted by Crippen LogP contribution is 2.15. The predicted molar refractivity (Wildman–Crippen MR) is 59.1 cm³/mol. The third kappa shape index (κ3) is 2.81. The van der Waals surface area contributed by atoms with Gasteiger partial charge in [0.1, 0.15) is 0 Å². The standard InChI is InChI=1S/C12H14N2O/c1-4-15-6-5-12-10(3)14-9(2)7-11(12)8-13/h5-7H,4H2,1-3H3/b6-5+. The lowest BCUT2D eigenvalue weighted by molar-refractivity contribution is 0.272. The first-order valence-electron chi connectivity index (χ1n) is 4.85. The van der Waals surface area contributed by atoms with Gasteiger partial charge in [0.15, 0.2) is 0 Å². The number of ether oxygens (including phenoxy) is 1. The van der Waals surface area contributed by atoms with Crippen LogP contribution in [0.2, 0.25) is 0 Å². The molecule has 0 aliphatic heterocycles.